The fourth-order valence-electron chi connectivity index (χ4n) is 3.34. The van der Waals surface area contributed by atoms with Crippen LogP contribution < -0.4 is 4.90 Å². The summed E-state index contributed by atoms with van der Waals surface area (Å²) >= 11 is 0. The van der Waals surface area contributed by atoms with E-state index in [0.717, 1.165) is 35.9 Å². The second-order valence-corrected chi connectivity index (χ2v) is 5.82. The van der Waals surface area contributed by atoms with Crippen molar-refractivity contribution in [2.24, 2.45) is 0 Å². The molecule has 0 unspecified atom stereocenters. The molecule has 1 aliphatic heterocycles. The number of para-hydroxylation sites is 2. The van der Waals surface area contributed by atoms with Gasteiger partial charge >= 0.3 is 0 Å². The summed E-state index contributed by atoms with van der Waals surface area (Å²) in [6.45, 7) is 1.39. The van der Waals surface area contributed by atoms with Crippen LogP contribution in [-0.4, -0.2) is 23.9 Å². The third kappa shape index (κ3) is 2.19. The van der Waals surface area contributed by atoms with Crippen LogP contribution in [-0.2, 0) is 6.42 Å². The minimum atomic E-state index is 0.175. The van der Waals surface area contributed by atoms with Gasteiger partial charge in [-0.25, -0.2) is 0 Å². The third-order valence-electron chi connectivity index (χ3n) is 4.43. The van der Waals surface area contributed by atoms with Gasteiger partial charge in [-0.3, -0.25) is 4.79 Å². The third-order valence-corrected chi connectivity index (χ3v) is 4.43. The standard InChI is InChI=1S/C19H18N2O/c22-19(16-12-20-17-9-3-2-8-15(16)17)13-21-11-5-7-14-6-1-4-10-18(14)21/h1-4,6,8-10,12,20H,5,7,11,13H2. The van der Waals surface area contributed by atoms with E-state index in [1.807, 2.05) is 36.5 Å². The molecule has 3 heteroatoms. The number of aromatic nitrogens is 1. The molecular formula is C19H18N2O. The Morgan fingerprint density at radius 3 is 2.86 bits per heavy atom. The molecule has 1 aromatic heterocycles. The number of hydrogen-bond donors (Lipinski definition) is 1. The van der Waals surface area contributed by atoms with Gasteiger partial charge in [-0.15, -0.1) is 0 Å². The van der Waals surface area contributed by atoms with E-state index in [1.165, 1.54) is 11.3 Å². The summed E-state index contributed by atoms with van der Waals surface area (Å²) in [5, 5.41) is 1.01. The highest BCUT2D eigenvalue weighted by atomic mass is 16.1. The van der Waals surface area contributed by atoms with E-state index in [-0.39, 0.29) is 5.78 Å². The summed E-state index contributed by atoms with van der Waals surface area (Å²) in [7, 11) is 0. The van der Waals surface area contributed by atoms with Gasteiger partial charge in [0, 0.05) is 34.9 Å². The SMILES string of the molecule is O=C(CN1CCCc2ccccc21)c1c[nH]c2ccccc12. The molecule has 0 radical (unpaired) electrons. The van der Waals surface area contributed by atoms with Gasteiger partial charge in [0.2, 0.25) is 0 Å². The number of hydrogen-bond acceptors (Lipinski definition) is 2. The van der Waals surface area contributed by atoms with Gasteiger partial charge in [0.15, 0.2) is 5.78 Å². The number of anilines is 1. The average Bonchev–Trinajstić information content (AvgIpc) is 2.99. The minimum Gasteiger partial charge on any atom is -0.364 e. The molecule has 1 N–H and O–H groups in total. The smallest absolute Gasteiger partial charge is 0.184 e. The van der Waals surface area contributed by atoms with Gasteiger partial charge in [0.1, 0.15) is 0 Å². The summed E-state index contributed by atoms with van der Waals surface area (Å²) in [5.41, 5.74) is 4.37. The molecule has 0 fully saturated rings. The molecule has 0 atom stereocenters. The Kier molecular flexibility index (Phi) is 3.19. The average molecular weight is 290 g/mol. The lowest BCUT2D eigenvalue weighted by Gasteiger charge is -2.30. The molecule has 2 heterocycles. The summed E-state index contributed by atoms with van der Waals surface area (Å²) < 4.78 is 0. The van der Waals surface area contributed by atoms with Crippen LogP contribution in [0, 0.1) is 0 Å². The Morgan fingerprint density at radius 1 is 1.09 bits per heavy atom. The van der Waals surface area contributed by atoms with Crippen LogP contribution in [0.25, 0.3) is 10.9 Å². The molecule has 0 amide bonds. The first-order valence-electron chi connectivity index (χ1n) is 7.75. The molecule has 0 bridgehead atoms. The van der Waals surface area contributed by atoms with E-state index in [9.17, 15) is 4.79 Å². The molecule has 1 aliphatic rings. The highest BCUT2D eigenvalue weighted by Gasteiger charge is 2.20. The first-order valence-corrected chi connectivity index (χ1v) is 7.75. The summed E-state index contributed by atoms with van der Waals surface area (Å²) in [6.07, 6.45) is 4.05. The zero-order valence-corrected chi connectivity index (χ0v) is 12.4. The normalized spacial score (nSPS) is 14.1. The lowest BCUT2D eigenvalue weighted by atomic mass is 10.0. The van der Waals surface area contributed by atoms with Gasteiger partial charge in [0.05, 0.1) is 6.54 Å². The number of ketones is 1. The number of carbonyl (C=O) groups excluding carboxylic acids is 1. The monoisotopic (exact) mass is 290 g/mol. The van der Waals surface area contributed by atoms with E-state index >= 15 is 0 Å². The number of benzene rings is 2. The fourth-order valence-corrected chi connectivity index (χ4v) is 3.34. The molecule has 2 aromatic carbocycles. The molecular weight excluding hydrogens is 272 g/mol. The van der Waals surface area contributed by atoms with Crippen LogP contribution in [0.2, 0.25) is 0 Å². The van der Waals surface area contributed by atoms with Crippen molar-refractivity contribution in [1.29, 1.82) is 0 Å². The zero-order chi connectivity index (χ0) is 14.9. The number of nitrogens with zero attached hydrogens (tertiary/aromatic N) is 1. The maximum Gasteiger partial charge on any atom is 0.184 e. The quantitative estimate of drug-likeness (QED) is 0.745. The van der Waals surface area contributed by atoms with Gasteiger partial charge in [-0.05, 0) is 30.5 Å². The van der Waals surface area contributed by atoms with E-state index in [2.05, 4.69) is 28.1 Å². The second-order valence-electron chi connectivity index (χ2n) is 5.82. The van der Waals surface area contributed by atoms with Crippen LogP contribution in [0.3, 0.4) is 0 Å². The van der Waals surface area contributed by atoms with Crippen molar-refractivity contribution < 1.29 is 4.79 Å². The number of Topliss-reactive ketones (excluding diaryl/α,β-unsaturated/α-hetero) is 1. The molecule has 3 aromatic rings. The minimum absolute atomic E-state index is 0.175. The number of H-pyrrole nitrogens is 1. The lowest BCUT2D eigenvalue weighted by Crippen LogP contribution is -2.34. The van der Waals surface area contributed by atoms with Crippen LogP contribution >= 0.6 is 0 Å². The zero-order valence-electron chi connectivity index (χ0n) is 12.4. The van der Waals surface area contributed by atoms with E-state index < -0.39 is 0 Å². The van der Waals surface area contributed by atoms with Crippen molar-refractivity contribution in [2.45, 2.75) is 12.8 Å². The second kappa shape index (κ2) is 5.34. The molecule has 110 valence electrons. The number of carbonyl (C=O) groups is 1. The van der Waals surface area contributed by atoms with Crippen LogP contribution in [0.5, 0.6) is 0 Å². The number of nitrogens with one attached hydrogen (secondary N) is 1. The maximum absolute atomic E-state index is 12.7. The molecule has 3 nitrogen and oxygen atoms in total. The Balaban J connectivity index is 1.63. The highest BCUT2D eigenvalue weighted by molar-refractivity contribution is 6.09. The van der Waals surface area contributed by atoms with Crippen molar-refractivity contribution in [2.75, 3.05) is 18.0 Å². The molecule has 0 spiro atoms. The highest BCUT2D eigenvalue weighted by Crippen LogP contribution is 2.27. The van der Waals surface area contributed by atoms with E-state index in [1.54, 1.807) is 0 Å². The van der Waals surface area contributed by atoms with E-state index in [4.69, 9.17) is 0 Å². The number of aryl methyl sites for hydroxylation is 1. The molecule has 22 heavy (non-hydrogen) atoms. The summed E-state index contributed by atoms with van der Waals surface area (Å²) in [5.74, 6) is 0.175. The Hall–Kier alpha value is -2.55. The number of aromatic amines is 1. The largest absolute Gasteiger partial charge is 0.364 e. The Labute approximate surface area is 129 Å². The van der Waals surface area contributed by atoms with Crippen molar-refractivity contribution in [1.82, 2.24) is 4.98 Å². The van der Waals surface area contributed by atoms with Crippen LogP contribution in [0.4, 0.5) is 5.69 Å². The first-order chi connectivity index (χ1) is 10.8. The van der Waals surface area contributed by atoms with Crippen molar-refractivity contribution in [3.05, 3.63) is 65.9 Å². The molecule has 4 rings (SSSR count). The van der Waals surface area contributed by atoms with Crippen molar-refractivity contribution in [3.8, 4) is 0 Å². The van der Waals surface area contributed by atoms with Crippen molar-refractivity contribution >= 4 is 22.4 Å². The summed E-state index contributed by atoms with van der Waals surface area (Å²) in [6, 6.07) is 16.4. The van der Waals surface area contributed by atoms with Crippen LogP contribution in [0.1, 0.15) is 22.3 Å². The van der Waals surface area contributed by atoms with Crippen LogP contribution in [0.15, 0.2) is 54.7 Å². The maximum atomic E-state index is 12.7. The molecule has 0 aliphatic carbocycles. The molecule has 0 saturated heterocycles. The van der Waals surface area contributed by atoms with Gasteiger partial charge in [-0.2, -0.15) is 0 Å². The predicted octanol–water partition coefficient (Wildman–Crippen LogP) is 3.80. The fraction of sp³-hybridized carbons (Fsp3) is 0.211. The topological polar surface area (TPSA) is 36.1 Å². The van der Waals surface area contributed by atoms with E-state index in [0.29, 0.717) is 6.54 Å². The number of fused-ring (bicyclic) bond motifs is 2. The van der Waals surface area contributed by atoms with Gasteiger partial charge in [0.25, 0.3) is 0 Å². The summed E-state index contributed by atoms with van der Waals surface area (Å²) in [4.78, 5) is 18.1. The lowest BCUT2D eigenvalue weighted by molar-refractivity contribution is 0.1000. The first kappa shape index (κ1) is 13.1. The number of rotatable bonds is 3. The molecule has 0 saturated carbocycles. The van der Waals surface area contributed by atoms with Gasteiger partial charge in [-0.1, -0.05) is 36.4 Å². The predicted molar refractivity (Wildman–Crippen MR) is 89.6 cm³/mol. The van der Waals surface area contributed by atoms with Crippen molar-refractivity contribution in [3.63, 3.8) is 0 Å². The Bertz CT molecular complexity index is 834. The van der Waals surface area contributed by atoms with Gasteiger partial charge < -0.3 is 9.88 Å². The Morgan fingerprint density at radius 2 is 1.91 bits per heavy atom.